The zero-order valence-corrected chi connectivity index (χ0v) is 12.6. The molecule has 1 saturated carbocycles. The van der Waals surface area contributed by atoms with Gasteiger partial charge in [-0.2, -0.15) is 0 Å². The standard InChI is InChI=1S/C17H25ClO/c1-2-14-7-6-10-16(13-14)17(19,11-12-18)15-8-4-3-5-9-15/h3-5,8-9,14,16,19H,2,6-7,10-13H2,1H3. The van der Waals surface area contributed by atoms with E-state index in [1.807, 2.05) is 30.3 Å². The van der Waals surface area contributed by atoms with Crippen LogP contribution in [0.1, 0.15) is 51.0 Å². The Hall–Kier alpha value is -0.530. The summed E-state index contributed by atoms with van der Waals surface area (Å²) in [4.78, 5) is 0. The molecule has 0 amide bonds. The first-order valence-electron chi connectivity index (χ1n) is 7.54. The molecule has 2 heteroatoms. The van der Waals surface area contributed by atoms with Crippen molar-refractivity contribution in [1.82, 2.24) is 0 Å². The van der Waals surface area contributed by atoms with Crippen LogP contribution in [0.25, 0.3) is 0 Å². The predicted octanol–water partition coefficient (Wildman–Crippen LogP) is 4.72. The summed E-state index contributed by atoms with van der Waals surface area (Å²) < 4.78 is 0. The molecule has 3 unspecified atom stereocenters. The second-order valence-corrected chi connectivity index (χ2v) is 6.25. The van der Waals surface area contributed by atoms with Gasteiger partial charge in [0.25, 0.3) is 0 Å². The molecule has 1 fully saturated rings. The molecule has 0 aliphatic heterocycles. The van der Waals surface area contributed by atoms with Crippen LogP contribution in [-0.4, -0.2) is 11.0 Å². The van der Waals surface area contributed by atoms with Crippen LogP contribution in [0.15, 0.2) is 30.3 Å². The Labute approximate surface area is 122 Å². The van der Waals surface area contributed by atoms with E-state index < -0.39 is 5.60 Å². The molecule has 0 spiro atoms. The van der Waals surface area contributed by atoms with Gasteiger partial charge in [-0.15, -0.1) is 11.6 Å². The second kappa shape index (κ2) is 6.76. The Morgan fingerprint density at radius 3 is 2.63 bits per heavy atom. The summed E-state index contributed by atoms with van der Waals surface area (Å²) in [6, 6.07) is 10.1. The first-order chi connectivity index (χ1) is 9.20. The van der Waals surface area contributed by atoms with E-state index in [-0.39, 0.29) is 0 Å². The third-order valence-electron chi connectivity index (χ3n) is 4.78. The maximum atomic E-state index is 11.2. The zero-order valence-electron chi connectivity index (χ0n) is 11.8. The SMILES string of the molecule is CCC1CCCC(C(O)(CCCl)c2ccccc2)C1. The normalized spacial score (nSPS) is 26.9. The predicted molar refractivity (Wildman–Crippen MR) is 81.4 cm³/mol. The number of aliphatic hydroxyl groups is 1. The van der Waals surface area contributed by atoms with E-state index in [2.05, 4.69) is 6.92 Å². The second-order valence-electron chi connectivity index (χ2n) is 5.87. The lowest BCUT2D eigenvalue weighted by Crippen LogP contribution is -2.38. The summed E-state index contributed by atoms with van der Waals surface area (Å²) in [5, 5.41) is 11.2. The molecular weight excluding hydrogens is 256 g/mol. The van der Waals surface area contributed by atoms with Gasteiger partial charge in [-0.05, 0) is 36.7 Å². The van der Waals surface area contributed by atoms with Gasteiger partial charge in [0, 0.05) is 5.88 Å². The van der Waals surface area contributed by atoms with Crippen LogP contribution >= 0.6 is 11.6 Å². The summed E-state index contributed by atoms with van der Waals surface area (Å²) in [6.45, 7) is 2.26. The summed E-state index contributed by atoms with van der Waals surface area (Å²) in [7, 11) is 0. The monoisotopic (exact) mass is 280 g/mol. The average Bonchev–Trinajstić information content (AvgIpc) is 2.48. The van der Waals surface area contributed by atoms with E-state index in [0.29, 0.717) is 18.2 Å². The number of halogens is 1. The molecule has 1 N–H and O–H groups in total. The average molecular weight is 281 g/mol. The largest absolute Gasteiger partial charge is 0.385 e. The van der Waals surface area contributed by atoms with Crippen molar-refractivity contribution in [2.45, 2.75) is 51.0 Å². The molecule has 1 nitrogen and oxygen atoms in total. The summed E-state index contributed by atoms with van der Waals surface area (Å²) in [6.07, 6.45) is 6.69. The van der Waals surface area contributed by atoms with Crippen molar-refractivity contribution in [1.29, 1.82) is 0 Å². The van der Waals surface area contributed by atoms with Crippen LogP contribution in [0.2, 0.25) is 0 Å². The number of alkyl halides is 1. The zero-order chi connectivity index (χ0) is 13.7. The molecule has 0 aromatic heterocycles. The maximum absolute atomic E-state index is 11.2. The third-order valence-corrected chi connectivity index (χ3v) is 4.97. The molecule has 0 bridgehead atoms. The quantitative estimate of drug-likeness (QED) is 0.774. The minimum Gasteiger partial charge on any atom is -0.385 e. The molecule has 2 rings (SSSR count). The number of rotatable bonds is 5. The van der Waals surface area contributed by atoms with Gasteiger partial charge in [0.1, 0.15) is 0 Å². The topological polar surface area (TPSA) is 20.2 Å². The van der Waals surface area contributed by atoms with Crippen molar-refractivity contribution in [3.63, 3.8) is 0 Å². The van der Waals surface area contributed by atoms with Crippen molar-refractivity contribution < 1.29 is 5.11 Å². The molecule has 0 heterocycles. The lowest BCUT2D eigenvalue weighted by atomic mass is 9.68. The van der Waals surface area contributed by atoms with Crippen LogP contribution in [0, 0.1) is 11.8 Å². The molecule has 0 radical (unpaired) electrons. The molecule has 1 aliphatic carbocycles. The van der Waals surface area contributed by atoms with Crippen LogP contribution in [0.5, 0.6) is 0 Å². The minimum atomic E-state index is -0.739. The highest BCUT2D eigenvalue weighted by Gasteiger charge is 2.39. The summed E-state index contributed by atoms with van der Waals surface area (Å²) >= 11 is 5.97. The molecule has 19 heavy (non-hydrogen) atoms. The first kappa shape index (κ1) is 14.9. The van der Waals surface area contributed by atoms with Crippen molar-refractivity contribution >= 4 is 11.6 Å². The van der Waals surface area contributed by atoms with E-state index in [1.54, 1.807) is 0 Å². The van der Waals surface area contributed by atoms with Crippen LogP contribution in [0.4, 0.5) is 0 Å². The fraction of sp³-hybridized carbons (Fsp3) is 0.647. The number of benzene rings is 1. The van der Waals surface area contributed by atoms with Crippen LogP contribution in [0.3, 0.4) is 0 Å². The van der Waals surface area contributed by atoms with E-state index in [1.165, 1.54) is 19.3 Å². The first-order valence-corrected chi connectivity index (χ1v) is 8.08. The van der Waals surface area contributed by atoms with Crippen LogP contribution < -0.4 is 0 Å². The van der Waals surface area contributed by atoms with Gasteiger partial charge in [-0.3, -0.25) is 0 Å². The summed E-state index contributed by atoms with van der Waals surface area (Å²) in [5.74, 6) is 1.63. The highest BCUT2D eigenvalue weighted by atomic mass is 35.5. The molecule has 1 aromatic carbocycles. The highest BCUT2D eigenvalue weighted by Crippen LogP contribution is 2.44. The van der Waals surface area contributed by atoms with E-state index >= 15 is 0 Å². The molecule has 3 atom stereocenters. The van der Waals surface area contributed by atoms with E-state index in [9.17, 15) is 5.11 Å². The third kappa shape index (κ3) is 3.32. The summed E-state index contributed by atoms with van der Waals surface area (Å²) in [5.41, 5.74) is 0.300. The fourth-order valence-electron chi connectivity index (χ4n) is 3.55. The lowest BCUT2D eigenvalue weighted by Gasteiger charge is -2.41. The van der Waals surface area contributed by atoms with Crippen LogP contribution in [-0.2, 0) is 5.60 Å². The minimum absolute atomic E-state index is 0.354. The number of hydrogen-bond acceptors (Lipinski definition) is 1. The van der Waals surface area contributed by atoms with E-state index in [4.69, 9.17) is 11.6 Å². The van der Waals surface area contributed by atoms with Gasteiger partial charge >= 0.3 is 0 Å². The fourth-order valence-corrected chi connectivity index (χ4v) is 3.84. The Morgan fingerprint density at radius 2 is 2.00 bits per heavy atom. The van der Waals surface area contributed by atoms with Crippen molar-refractivity contribution in [2.24, 2.45) is 11.8 Å². The van der Waals surface area contributed by atoms with Gasteiger partial charge in [-0.1, -0.05) is 56.5 Å². The van der Waals surface area contributed by atoms with Crippen molar-refractivity contribution in [3.8, 4) is 0 Å². The number of hydrogen-bond donors (Lipinski definition) is 1. The lowest BCUT2D eigenvalue weighted by molar-refractivity contribution is -0.0500. The van der Waals surface area contributed by atoms with Gasteiger partial charge in [-0.25, -0.2) is 0 Å². The Morgan fingerprint density at radius 1 is 1.26 bits per heavy atom. The Balaban J connectivity index is 2.23. The highest BCUT2D eigenvalue weighted by molar-refractivity contribution is 6.17. The van der Waals surface area contributed by atoms with Gasteiger partial charge < -0.3 is 5.11 Å². The molecule has 106 valence electrons. The molecular formula is C17H25ClO. The van der Waals surface area contributed by atoms with E-state index in [0.717, 1.165) is 24.3 Å². The van der Waals surface area contributed by atoms with Crippen molar-refractivity contribution in [3.05, 3.63) is 35.9 Å². The van der Waals surface area contributed by atoms with Gasteiger partial charge in [0.15, 0.2) is 0 Å². The molecule has 1 aromatic rings. The Bertz CT molecular complexity index is 378. The van der Waals surface area contributed by atoms with Crippen molar-refractivity contribution in [2.75, 3.05) is 5.88 Å². The van der Waals surface area contributed by atoms with Gasteiger partial charge in [0.2, 0.25) is 0 Å². The maximum Gasteiger partial charge on any atom is 0.0936 e. The molecule has 1 aliphatic rings. The smallest absolute Gasteiger partial charge is 0.0936 e. The Kier molecular flexibility index (Phi) is 5.29. The van der Waals surface area contributed by atoms with Gasteiger partial charge in [0.05, 0.1) is 5.60 Å². The molecule has 0 saturated heterocycles.